The minimum atomic E-state index is -4.74. The van der Waals surface area contributed by atoms with Gasteiger partial charge >= 0.3 is 40.5 Å². The van der Waals surface area contributed by atoms with Crippen LogP contribution >= 0.6 is 0 Å². The smallest absolute Gasteiger partial charge is 0.310 e. The Labute approximate surface area is 666 Å². The van der Waals surface area contributed by atoms with E-state index in [0.29, 0.717) is 95.9 Å². The van der Waals surface area contributed by atoms with E-state index in [1.54, 1.807) is 24.3 Å². The van der Waals surface area contributed by atoms with E-state index in [1.807, 2.05) is 135 Å². The maximum absolute atomic E-state index is 15.6. The highest BCUT2D eigenvalue weighted by molar-refractivity contribution is 7.88. The molecule has 13 rings (SSSR count). The van der Waals surface area contributed by atoms with Crippen molar-refractivity contribution in [3.05, 3.63) is 93.0 Å². The maximum Gasteiger partial charge on any atom is 0.310 e. The zero-order valence-electron chi connectivity index (χ0n) is 69.5. The SMILES string of the molecule is COc1cc(OS(=O)(=O)C[C@@]23CC[C@@H](CC2=O)C3(C)C)c2cc1[C@H](CC(C)C)c1cc(c(OC)cc1OS(=O)(=O)C[C@@]13CC[C@@H](CC1=O)C3(C)C)[C@H](CC(C)C)c1cc(c(OC)cc1OS(=O)(=O)C[C@@]13CC[C@@H](CC1=O)C3(C)C)[C@H](CC(C)C)c1cc(c(OC)cc1OS(=O)(=O)C[C@@]13CC[C@@H](CC1=O)C3(C)C)[C@@H]2CC(C)C. The summed E-state index contributed by atoms with van der Waals surface area (Å²) in [6.07, 6.45) is 6.01. The van der Waals surface area contributed by atoms with Gasteiger partial charge in [-0.25, -0.2) is 0 Å². The molecule has 0 saturated heterocycles. The summed E-state index contributed by atoms with van der Waals surface area (Å²) in [6, 6.07) is 13.5. The lowest BCUT2D eigenvalue weighted by Crippen LogP contribution is -2.43. The van der Waals surface area contributed by atoms with Gasteiger partial charge in [-0.05, 0) is 170 Å². The predicted octanol–water partition coefficient (Wildman–Crippen LogP) is 17.2. The standard InChI is InChI=1S/C88H120O20S4/c1-49(2)29-57-61-37-66(74(41-69(61)101-17)106-110(95,96)46-86-26-22-54(34-78(86)90)82(86,11)12)59(31-51(5)6)63-39-68(76(43-71(63)103-19)108-112(99,100)48-88-28-24-56(36-80(88)92)84(88,15)16)60(32-52(7)8)64-40-67(75(44-72(64)104-20)107-111(97,98)47-87-27-23-55(35-79(87)91)83(87,13)14)58(30-50(3)4)62-38-65(57)73(42-70(62)102-18)105-109(93,94)45-85-25-21-53(33-77(85)89)81(85,9)10/h37-44,49-60H,21-36,45-48H2,1-20H3/t53-,54-,55-,56-,57-,58-,59-,60-,85-,86-,87-,88-/m0/s1. The van der Waals surface area contributed by atoms with Crippen LogP contribution in [0.15, 0.2) is 48.5 Å². The van der Waals surface area contributed by atoms with E-state index in [-0.39, 0.29) is 168 Å². The third-order valence-corrected chi connectivity index (χ3v) is 35.5. The molecule has 0 aliphatic heterocycles. The van der Waals surface area contributed by atoms with E-state index in [4.69, 9.17) is 35.7 Å². The molecule has 112 heavy (non-hydrogen) atoms. The molecule has 12 atom stereocenters. The first-order valence-corrected chi connectivity index (χ1v) is 47.0. The van der Waals surface area contributed by atoms with E-state index in [2.05, 4.69) is 0 Å². The number of hydrogen-bond acceptors (Lipinski definition) is 20. The van der Waals surface area contributed by atoms with Gasteiger partial charge in [-0.15, -0.1) is 0 Å². The quantitative estimate of drug-likeness (QED) is 0.0478. The molecule has 24 heteroatoms. The molecule has 8 saturated carbocycles. The van der Waals surface area contributed by atoms with E-state index in [9.17, 15) is 19.2 Å². The zero-order valence-corrected chi connectivity index (χ0v) is 72.8. The van der Waals surface area contributed by atoms with E-state index >= 15 is 33.7 Å². The summed E-state index contributed by atoms with van der Waals surface area (Å²) in [4.78, 5) is 57.3. The predicted molar refractivity (Wildman–Crippen MR) is 429 cm³/mol. The second-order valence-electron chi connectivity index (χ2n) is 39.1. The number of fused-ring (bicyclic) bond motifs is 16. The van der Waals surface area contributed by atoms with Crippen LogP contribution in [0.1, 0.15) is 282 Å². The molecular formula is C88H120O20S4. The molecule has 9 aliphatic carbocycles. The molecule has 0 heterocycles. The van der Waals surface area contributed by atoms with E-state index in [0.717, 1.165) is 0 Å². The summed E-state index contributed by atoms with van der Waals surface area (Å²) < 4.78 is 178. The summed E-state index contributed by atoms with van der Waals surface area (Å²) in [5.41, 5.74) is -4.78. The zero-order chi connectivity index (χ0) is 81.9. The third-order valence-electron chi connectivity index (χ3n) is 30.4. The third kappa shape index (κ3) is 13.8. The van der Waals surface area contributed by atoms with Crippen molar-refractivity contribution in [1.29, 1.82) is 0 Å². The van der Waals surface area contributed by atoms with Gasteiger partial charge in [0.25, 0.3) is 0 Å². The molecule has 8 fully saturated rings. The average molecular weight is 1630 g/mol. The Morgan fingerprint density at radius 3 is 0.598 bits per heavy atom. The summed E-state index contributed by atoms with van der Waals surface area (Å²) in [5.74, 6) is -7.76. The monoisotopic (exact) mass is 1620 g/mol. The summed E-state index contributed by atoms with van der Waals surface area (Å²) in [5, 5.41) is 0. The fourth-order valence-corrected chi connectivity index (χ4v) is 30.5. The molecule has 4 aromatic rings. The van der Waals surface area contributed by atoms with Gasteiger partial charge in [0.15, 0.2) is 0 Å². The van der Waals surface area contributed by atoms with E-state index in [1.165, 1.54) is 28.4 Å². The Morgan fingerprint density at radius 2 is 0.464 bits per heavy atom. The van der Waals surface area contributed by atoms with Gasteiger partial charge in [0.1, 0.15) is 69.1 Å². The Morgan fingerprint density at radius 1 is 0.295 bits per heavy atom. The molecule has 9 aliphatic rings. The maximum atomic E-state index is 15.6. The summed E-state index contributed by atoms with van der Waals surface area (Å²) in [7, 11) is -13.2. The normalized spacial score (nSPS) is 29.9. The Bertz CT molecular complexity index is 4340. The topological polar surface area (TPSA) is 279 Å². The van der Waals surface area contributed by atoms with Crippen LogP contribution in [0.25, 0.3) is 0 Å². The first-order valence-electron chi connectivity index (χ1n) is 40.7. The van der Waals surface area contributed by atoms with Crippen LogP contribution in [-0.2, 0) is 59.7 Å². The summed E-state index contributed by atoms with van der Waals surface area (Å²) >= 11 is 0. The number of Topliss-reactive ketones (excluding diaryl/α,β-unsaturated/α-hetero) is 4. The molecule has 0 spiro atoms. The molecule has 616 valence electrons. The molecular weight excluding hydrogens is 1510 g/mol. The van der Waals surface area contributed by atoms with Gasteiger partial charge in [0, 0.05) is 118 Å². The highest BCUT2D eigenvalue weighted by Crippen LogP contribution is 2.69. The van der Waals surface area contributed by atoms with Crippen molar-refractivity contribution < 1.29 is 88.5 Å². The number of ether oxygens (including phenoxy) is 4. The number of hydrogen-bond donors (Lipinski definition) is 0. The lowest BCUT2D eigenvalue weighted by molar-refractivity contribution is -0.128. The van der Waals surface area contributed by atoms with E-state index < -0.39 is 130 Å². The average Bonchev–Trinajstić information content (AvgIpc) is 1.56. The minimum absolute atomic E-state index is 0.0283. The molecule has 4 aromatic carbocycles. The number of rotatable bonds is 28. The number of ketones is 4. The number of carbonyl (C=O) groups is 4. The first-order chi connectivity index (χ1) is 52.0. The molecule has 0 N–H and O–H groups in total. The lowest BCUT2D eigenvalue weighted by Gasteiger charge is -2.36. The number of carbonyl (C=O) groups excluding carboxylic acids is 4. The van der Waals surface area contributed by atoms with Crippen LogP contribution in [0.4, 0.5) is 0 Å². The Balaban J connectivity index is 1.14. The van der Waals surface area contributed by atoms with Crippen LogP contribution in [0, 0.1) is 90.7 Å². The van der Waals surface area contributed by atoms with Gasteiger partial charge < -0.3 is 35.7 Å². The van der Waals surface area contributed by atoms with Gasteiger partial charge in [0.2, 0.25) is 0 Å². The van der Waals surface area contributed by atoms with Gasteiger partial charge in [0.05, 0.1) is 73.1 Å². The van der Waals surface area contributed by atoms with Crippen molar-refractivity contribution in [3.8, 4) is 46.0 Å². The summed E-state index contributed by atoms with van der Waals surface area (Å²) in [6.45, 7) is 31.8. The molecule has 20 nitrogen and oxygen atoms in total. The lowest BCUT2D eigenvalue weighted by atomic mass is 9.70. The fourth-order valence-electron chi connectivity index (χ4n) is 23.4. The first kappa shape index (κ1) is 83.7. The molecule has 16 bridgehead atoms. The van der Waals surface area contributed by atoms with Crippen molar-refractivity contribution in [2.45, 2.75) is 237 Å². The van der Waals surface area contributed by atoms with Crippen LogP contribution < -0.4 is 35.7 Å². The van der Waals surface area contributed by atoms with Gasteiger partial charge in [-0.3, -0.25) is 19.2 Å². The highest BCUT2D eigenvalue weighted by atomic mass is 32.2. The molecule has 0 radical (unpaired) electrons. The number of methoxy groups -OCH3 is 4. The van der Waals surface area contributed by atoms with Crippen LogP contribution in [-0.4, -0.2) is 108 Å². The molecule has 0 unspecified atom stereocenters. The minimum Gasteiger partial charge on any atom is -0.496 e. The van der Waals surface area contributed by atoms with Crippen LogP contribution in [0.3, 0.4) is 0 Å². The Hall–Kier alpha value is -6.24. The van der Waals surface area contributed by atoms with Crippen LogP contribution in [0.5, 0.6) is 46.0 Å². The highest BCUT2D eigenvalue weighted by Gasteiger charge is 2.69. The Kier molecular flexibility index (Phi) is 21.6. The molecule has 0 aromatic heterocycles. The van der Waals surface area contributed by atoms with Gasteiger partial charge in [-0.2, -0.15) is 33.7 Å². The fraction of sp³-hybridized carbons (Fsp3) is 0.682. The molecule has 0 amide bonds. The van der Waals surface area contributed by atoms with Crippen molar-refractivity contribution >= 4 is 63.6 Å². The second-order valence-corrected chi connectivity index (χ2v) is 45.3. The number of benzene rings is 4. The second kappa shape index (κ2) is 28.8. The van der Waals surface area contributed by atoms with Crippen molar-refractivity contribution in [1.82, 2.24) is 0 Å². The van der Waals surface area contributed by atoms with Crippen molar-refractivity contribution in [3.63, 3.8) is 0 Å². The van der Waals surface area contributed by atoms with Crippen molar-refractivity contribution in [2.75, 3.05) is 51.5 Å². The largest absolute Gasteiger partial charge is 0.496 e. The van der Waals surface area contributed by atoms with Crippen molar-refractivity contribution in [2.24, 2.45) is 90.7 Å². The van der Waals surface area contributed by atoms with Crippen LogP contribution in [0.2, 0.25) is 0 Å². The van der Waals surface area contributed by atoms with Gasteiger partial charge in [-0.1, -0.05) is 111 Å².